The Morgan fingerprint density at radius 1 is 1.06 bits per heavy atom. The maximum absolute atomic E-state index is 10.7. The maximum atomic E-state index is 10.7. The van der Waals surface area contributed by atoms with Gasteiger partial charge in [-0.3, -0.25) is 10.1 Å². The molecule has 0 atom stereocenters. The van der Waals surface area contributed by atoms with Crippen molar-refractivity contribution in [2.45, 2.75) is 13.2 Å². The van der Waals surface area contributed by atoms with Crippen LogP contribution in [0.4, 0.5) is 5.69 Å². The minimum absolute atomic E-state index is 0.0418. The van der Waals surface area contributed by atoms with Gasteiger partial charge in [-0.15, -0.1) is 0 Å². The average Bonchev–Trinajstić information content (AvgIpc) is 2.72. The molecule has 0 fully saturated rings. The van der Waals surface area contributed by atoms with Crippen molar-refractivity contribution < 1.29 is 9.66 Å². The molecule has 0 amide bonds. The molecule has 10 heteroatoms. The van der Waals surface area contributed by atoms with Crippen molar-refractivity contribution >= 4 is 67.0 Å². The van der Waals surface area contributed by atoms with Gasteiger partial charge in [-0.1, -0.05) is 29.3 Å². The van der Waals surface area contributed by atoms with Gasteiger partial charge in [-0.25, -0.2) is 0 Å². The van der Waals surface area contributed by atoms with Crippen LogP contribution in [-0.4, -0.2) is 11.1 Å². The Morgan fingerprint density at radius 3 is 2.26 bits per heavy atom. The molecule has 0 radical (unpaired) electrons. The molecule has 0 aliphatic heterocycles. The van der Waals surface area contributed by atoms with E-state index in [-0.39, 0.29) is 12.3 Å². The molecule has 0 unspecified atom stereocenters. The summed E-state index contributed by atoms with van der Waals surface area (Å²) in [5, 5.41) is 16.1. The number of nitrogens with zero attached hydrogens (tertiary/aromatic N) is 2. The third-order valence-electron chi connectivity index (χ3n) is 4.17. The normalized spacial score (nSPS) is 11.0. The number of rotatable bonds is 8. The van der Waals surface area contributed by atoms with Crippen molar-refractivity contribution in [1.29, 1.82) is 0 Å². The fourth-order valence-corrected chi connectivity index (χ4v) is 4.59. The minimum Gasteiger partial charge on any atom is -0.487 e. The highest BCUT2D eigenvalue weighted by Crippen LogP contribution is 2.35. The molecule has 0 aliphatic carbocycles. The number of non-ortho nitro benzene ring substituents is 1. The van der Waals surface area contributed by atoms with Crippen LogP contribution >= 0.6 is 55.1 Å². The molecule has 3 rings (SSSR count). The summed E-state index contributed by atoms with van der Waals surface area (Å²) < 4.78 is 7.34. The SMILES string of the molecule is O=[N+]([O-])c1ccc(COc2c(Br)cc(/C=N\NCc3c(Cl)cccc3Cl)cc2Br)cc1. The van der Waals surface area contributed by atoms with Crippen LogP contribution in [0.5, 0.6) is 5.75 Å². The highest BCUT2D eigenvalue weighted by Gasteiger charge is 2.10. The Bertz CT molecular complexity index is 1080. The van der Waals surface area contributed by atoms with Crippen LogP contribution in [-0.2, 0) is 13.2 Å². The lowest BCUT2D eigenvalue weighted by Gasteiger charge is -2.11. The molecule has 160 valence electrons. The number of benzene rings is 3. The molecule has 6 nitrogen and oxygen atoms in total. The third-order valence-corrected chi connectivity index (χ3v) is 6.06. The number of hydrogen-bond acceptors (Lipinski definition) is 5. The fraction of sp³-hybridized carbons (Fsp3) is 0.0952. The first-order chi connectivity index (χ1) is 14.8. The second-order valence-electron chi connectivity index (χ2n) is 6.32. The number of halogens is 4. The molecule has 0 heterocycles. The molecule has 0 aliphatic rings. The summed E-state index contributed by atoms with van der Waals surface area (Å²) in [6.45, 7) is 0.663. The number of hydrogen-bond donors (Lipinski definition) is 1. The second kappa shape index (κ2) is 10.9. The molecule has 3 aromatic carbocycles. The van der Waals surface area contributed by atoms with E-state index in [1.807, 2.05) is 12.1 Å². The third kappa shape index (κ3) is 6.43. The summed E-state index contributed by atoms with van der Waals surface area (Å²) in [5.41, 5.74) is 5.40. The summed E-state index contributed by atoms with van der Waals surface area (Å²) >= 11 is 19.3. The average molecular weight is 588 g/mol. The van der Waals surface area contributed by atoms with Gasteiger partial charge in [0.15, 0.2) is 0 Å². The van der Waals surface area contributed by atoms with Crippen molar-refractivity contribution in [3.8, 4) is 5.75 Å². The maximum Gasteiger partial charge on any atom is 0.269 e. The number of nitrogens with one attached hydrogen (secondary N) is 1. The van der Waals surface area contributed by atoms with E-state index in [4.69, 9.17) is 27.9 Å². The van der Waals surface area contributed by atoms with Crippen LogP contribution in [0.1, 0.15) is 16.7 Å². The zero-order valence-corrected chi connectivity index (χ0v) is 20.5. The Morgan fingerprint density at radius 2 is 1.68 bits per heavy atom. The zero-order chi connectivity index (χ0) is 22.4. The van der Waals surface area contributed by atoms with Crippen LogP contribution < -0.4 is 10.2 Å². The lowest BCUT2D eigenvalue weighted by atomic mass is 10.2. The molecule has 1 N–H and O–H groups in total. The van der Waals surface area contributed by atoms with Gasteiger partial charge in [0.1, 0.15) is 12.4 Å². The van der Waals surface area contributed by atoms with Gasteiger partial charge < -0.3 is 10.2 Å². The number of nitro groups is 1. The van der Waals surface area contributed by atoms with Gasteiger partial charge in [0.05, 0.1) is 26.6 Å². The number of ether oxygens (including phenoxy) is 1. The summed E-state index contributed by atoms with van der Waals surface area (Å²) in [7, 11) is 0. The first-order valence-corrected chi connectivity index (χ1v) is 11.2. The number of nitro benzene ring substituents is 1. The monoisotopic (exact) mass is 585 g/mol. The van der Waals surface area contributed by atoms with E-state index in [1.165, 1.54) is 12.1 Å². The van der Waals surface area contributed by atoms with Gasteiger partial charge in [-0.05, 0) is 79.4 Å². The summed E-state index contributed by atoms with van der Waals surface area (Å²) in [5.74, 6) is 0.617. The largest absolute Gasteiger partial charge is 0.487 e. The molecule has 31 heavy (non-hydrogen) atoms. The van der Waals surface area contributed by atoms with Crippen LogP contribution in [0.15, 0.2) is 68.6 Å². The van der Waals surface area contributed by atoms with E-state index in [1.54, 1.807) is 36.5 Å². The Hall–Kier alpha value is -2.13. The molecule has 0 saturated carbocycles. The van der Waals surface area contributed by atoms with E-state index >= 15 is 0 Å². The van der Waals surface area contributed by atoms with Gasteiger partial charge in [-0.2, -0.15) is 5.10 Å². The van der Waals surface area contributed by atoms with E-state index < -0.39 is 4.92 Å². The molecule has 0 bridgehead atoms. The van der Waals surface area contributed by atoms with Crippen molar-refractivity contribution in [3.63, 3.8) is 0 Å². The summed E-state index contributed by atoms with van der Waals surface area (Å²) in [4.78, 5) is 10.3. The summed E-state index contributed by atoms with van der Waals surface area (Å²) in [6.07, 6.45) is 1.67. The lowest BCUT2D eigenvalue weighted by molar-refractivity contribution is -0.384. The Kier molecular flexibility index (Phi) is 8.31. The van der Waals surface area contributed by atoms with Gasteiger partial charge in [0, 0.05) is 27.7 Å². The van der Waals surface area contributed by atoms with Crippen molar-refractivity contribution in [3.05, 3.63) is 100 Å². The fourth-order valence-electron chi connectivity index (χ4n) is 2.61. The van der Waals surface area contributed by atoms with E-state index in [2.05, 4.69) is 42.4 Å². The second-order valence-corrected chi connectivity index (χ2v) is 8.84. The summed E-state index contributed by atoms with van der Waals surface area (Å²) in [6, 6.07) is 15.3. The first kappa shape index (κ1) is 23.5. The highest BCUT2D eigenvalue weighted by molar-refractivity contribution is 9.11. The van der Waals surface area contributed by atoms with Crippen LogP contribution in [0.3, 0.4) is 0 Å². The van der Waals surface area contributed by atoms with Crippen LogP contribution in [0, 0.1) is 10.1 Å². The van der Waals surface area contributed by atoms with E-state index in [0.29, 0.717) is 22.3 Å². The first-order valence-electron chi connectivity index (χ1n) is 8.89. The topological polar surface area (TPSA) is 76.8 Å². The number of hydrazone groups is 1. The van der Waals surface area contributed by atoms with Gasteiger partial charge >= 0.3 is 0 Å². The quantitative estimate of drug-likeness (QED) is 0.173. The highest BCUT2D eigenvalue weighted by atomic mass is 79.9. The molecule has 0 aromatic heterocycles. The van der Waals surface area contributed by atoms with Crippen molar-refractivity contribution in [2.75, 3.05) is 0 Å². The van der Waals surface area contributed by atoms with E-state index in [9.17, 15) is 10.1 Å². The van der Waals surface area contributed by atoms with Gasteiger partial charge in [0.2, 0.25) is 0 Å². The van der Waals surface area contributed by atoms with Crippen LogP contribution in [0.25, 0.3) is 0 Å². The molecular weight excluding hydrogens is 573 g/mol. The molecular formula is C21H15Br2Cl2N3O3. The molecule has 0 saturated heterocycles. The molecule has 0 spiro atoms. The Balaban J connectivity index is 1.61. The Labute approximate surface area is 205 Å². The van der Waals surface area contributed by atoms with E-state index in [0.717, 1.165) is 25.6 Å². The zero-order valence-electron chi connectivity index (χ0n) is 15.8. The standard InChI is InChI=1S/C21H15Br2Cl2N3O3/c22-17-8-14(10-26-27-11-16-19(24)2-1-3-20(16)25)9-18(23)21(17)31-12-13-4-6-15(7-5-13)28(29)30/h1-10,27H,11-12H2/b26-10-. The predicted molar refractivity (Wildman–Crippen MR) is 130 cm³/mol. The smallest absolute Gasteiger partial charge is 0.269 e. The van der Waals surface area contributed by atoms with Gasteiger partial charge in [0.25, 0.3) is 5.69 Å². The lowest BCUT2D eigenvalue weighted by Crippen LogP contribution is -2.06. The minimum atomic E-state index is -0.435. The molecule has 3 aromatic rings. The van der Waals surface area contributed by atoms with Crippen molar-refractivity contribution in [1.82, 2.24) is 5.43 Å². The van der Waals surface area contributed by atoms with Crippen molar-refractivity contribution in [2.24, 2.45) is 5.10 Å². The predicted octanol–water partition coefficient (Wildman–Crippen LogP) is 7.13. The van der Waals surface area contributed by atoms with Crippen LogP contribution in [0.2, 0.25) is 10.0 Å².